The molecule has 0 atom stereocenters. The Morgan fingerprint density at radius 1 is 1.24 bits per heavy atom. The smallest absolute Gasteiger partial charge is 0.257 e. The Morgan fingerprint density at radius 3 is 2.71 bits per heavy atom. The molecule has 90 valence electrons. The summed E-state index contributed by atoms with van der Waals surface area (Å²) in [5.74, 6) is 1.34. The van der Waals surface area contributed by atoms with Gasteiger partial charge in [-0.1, -0.05) is 37.2 Å². The third kappa shape index (κ3) is 3.39. The third-order valence-electron chi connectivity index (χ3n) is 2.39. The summed E-state index contributed by atoms with van der Waals surface area (Å²) in [6.07, 6.45) is 0.786. The van der Waals surface area contributed by atoms with Gasteiger partial charge in [0.15, 0.2) is 5.82 Å². The molecule has 0 bridgehead atoms. The molecule has 0 aliphatic rings. The first-order valence-corrected chi connectivity index (χ1v) is 5.87. The Balaban J connectivity index is 1.97. The van der Waals surface area contributed by atoms with Crippen molar-refractivity contribution in [1.82, 2.24) is 15.5 Å². The van der Waals surface area contributed by atoms with Crippen LogP contribution in [0, 0.1) is 0 Å². The van der Waals surface area contributed by atoms with Crippen LogP contribution in [0.1, 0.15) is 19.7 Å². The van der Waals surface area contributed by atoms with E-state index >= 15 is 0 Å². The largest absolute Gasteiger partial charge is 0.334 e. The third-order valence-corrected chi connectivity index (χ3v) is 2.39. The molecule has 0 fully saturated rings. The first-order valence-electron chi connectivity index (χ1n) is 5.87. The van der Waals surface area contributed by atoms with E-state index in [-0.39, 0.29) is 0 Å². The Hall–Kier alpha value is -1.68. The van der Waals surface area contributed by atoms with Gasteiger partial charge in [0.25, 0.3) is 5.89 Å². The second-order valence-corrected chi connectivity index (χ2v) is 4.24. The lowest BCUT2D eigenvalue weighted by Crippen LogP contribution is -2.25. The summed E-state index contributed by atoms with van der Waals surface area (Å²) < 4.78 is 5.22. The van der Waals surface area contributed by atoms with Crippen LogP contribution in [-0.2, 0) is 6.42 Å². The van der Waals surface area contributed by atoms with E-state index in [1.807, 2.05) is 30.3 Å². The van der Waals surface area contributed by atoms with Crippen molar-refractivity contribution in [1.29, 1.82) is 0 Å². The minimum Gasteiger partial charge on any atom is -0.334 e. The number of aromatic nitrogens is 2. The summed E-state index contributed by atoms with van der Waals surface area (Å²) >= 11 is 0. The number of nitrogens with one attached hydrogen (secondary N) is 1. The fourth-order valence-corrected chi connectivity index (χ4v) is 1.53. The molecule has 1 heterocycles. The molecule has 0 unspecified atom stereocenters. The van der Waals surface area contributed by atoms with Crippen LogP contribution >= 0.6 is 0 Å². The van der Waals surface area contributed by atoms with Gasteiger partial charge >= 0.3 is 0 Å². The second-order valence-electron chi connectivity index (χ2n) is 4.24. The maximum absolute atomic E-state index is 5.22. The average Bonchev–Trinajstić information content (AvgIpc) is 2.78. The fourth-order valence-electron chi connectivity index (χ4n) is 1.53. The normalized spacial score (nSPS) is 11.0. The lowest BCUT2D eigenvalue weighted by atomic mass is 10.2. The molecule has 0 aliphatic heterocycles. The highest BCUT2D eigenvalue weighted by atomic mass is 16.5. The number of benzene rings is 1. The van der Waals surface area contributed by atoms with Crippen molar-refractivity contribution in [2.24, 2.45) is 0 Å². The van der Waals surface area contributed by atoms with E-state index in [2.05, 4.69) is 29.3 Å². The van der Waals surface area contributed by atoms with Crippen LogP contribution in [0.5, 0.6) is 0 Å². The summed E-state index contributed by atoms with van der Waals surface area (Å²) in [7, 11) is 0. The molecule has 4 nitrogen and oxygen atoms in total. The summed E-state index contributed by atoms with van der Waals surface area (Å²) in [5, 5.41) is 7.28. The molecule has 0 spiro atoms. The van der Waals surface area contributed by atoms with Crippen molar-refractivity contribution in [3.63, 3.8) is 0 Å². The van der Waals surface area contributed by atoms with Crippen LogP contribution in [0.2, 0.25) is 0 Å². The van der Waals surface area contributed by atoms with E-state index in [0.29, 0.717) is 11.9 Å². The lowest BCUT2D eigenvalue weighted by molar-refractivity contribution is 0.421. The van der Waals surface area contributed by atoms with Crippen LogP contribution in [0.4, 0.5) is 0 Å². The predicted octanol–water partition coefficient (Wildman–Crippen LogP) is 2.28. The van der Waals surface area contributed by atoms with E-state index in [9.17, 15) is 0 Å². The minimum atomic E-state index is 0.482. The molecule has 0 saturated heterocycles. The Bertz CT molecular complexity index is 451. The van der Waals surface area contributed by atoms with Gasteiger partial charge in [0, 0.05) is 24.6 Å². The van der Waals surface area contributed by atoms with Gasteiger partial charge in [0.2, 0.25) is 0 Å². The van der Waals surface area contributed by atoms with Gasteiger partial charge in [-0.05, 0) is 12.1 Å². The van der Waals surface area contributed by atoms with Crippen LogP contribution in [0.25, 0.3) is 11.5 Å². The van der Waals surface area contributed by atoms with Gasteiger partial charge < -0.3 is 9.84 Å². The lowest BCUT2D eigenvalue weighted by Gasteiger charge is -2.04. The summed E-state index contributed by atoms with van der Waals surface area (Å²) in [6.45, 7) is 5.10. The van der Waals surface area contributed by atoms with Crippen LogP contribution in [0.15, 0.2) is 34.9 Å². The molecule has 4 heteroatoms. The number of rotatable bonds is 5. The second kappa shape index (κ2) is 5.59. The number of hydrogen-bond acceptors (Lipinski definition) is 4. The van der Waals surface area contributed by atoms with Crippen LogP contribution in [0.3, 0.4) is 0 Å². The highest BCUT2D eigenvalue weighted by Crippen LogP contribution is 2.15. The molecule has 0 saturated carbocycles. The SMILES string of the molecule is CC(C)NCCc1noc(-c2ccccc2)n1. The summed E-state index contributed by atoms with van der Waals surface area (Å²) in [5.41, 5.74) is 0.961. The Kier molecular flexibility index (Phi) is 3.88. The molecule has 2 aromatic rings. The van der Waals surface area contributed by atoms with Crippen molar-refractivity contribution >= 4 is 0 Å². The zero-order chi connectivity index (χ0) is 12.1. The van der Waals surface area contributed by atoms with E-state index in [4.69, 9.17) is 4.52 Å². The number of hydrogen-bond donors (Lipinski definition) is 1. The van der Waals surface area contributed by atoms with Gasteiger partial charge in [-0.25, -0.2) is 0 Å². The average molecular weight is 231 g/mol. The molecule has 0 amide bonds. The minimum absolute atomic E-state index is 0.482. The van der Waals surface area contributed by atoms with Gasteiger partial charge in [-0.15, -0.1) is 0 Å². The highest BCUT2D eigenvalue weighted by molar-refractivity contribution is 5.51. The Labute approximate surface area is 101 Å². The first kappa shape index (κ1) is 11.8. The molecule has 0 aliphatic carbocycles. The van der Waals surface area contributed by atoms with Gasteiger partial charge in [0.1, 0.15) is 0 Å². The monoisotopic (exact) mass is 231 g/mol. The summed E-state index contributed by atoms with van der Waals surface area (Å²) in [4.78, 5) is 4.36. The molecular formula is C13H17N3O. The van der Waals surface area contributed by atoms with Crippen molar-refractivity contribution in [2.75, 3.05) is 6.54 Å². The molecule has 1 aromatic heterocycles. The zero-order valence-electron chi connectivity index (χ0n) is 10.2. The summed E-state index contributed by atoms with van der Waals surface area (Å²) in [6, 6.07) is 10.3. The molecule has 1 aromatic carbocycles. The first-order chi connectivity index (χ1) is 8.25. The molecular weight excluding hydrogens is 214 g/mol. The highest BCUT2D eigenvalue weighted by Gasteiger charge is 2.07. The van der Waals surface area contributed by atoms with Crippen molar-refractivity contribution in [2.45, 2.75) is 26.3 Å². The van der Waals surface area contributed by atoms with Crippen LogP contribution in [-0.4, -0.2) is 22.7 Å². The van der Waals surface area contributed by atoms with Crippen molar-refractivity contribution in [3.05, 3.63) is 36.2 Å². The maximum atomic E-state index is 5.22. The van der Waals surface area contributed by atoms with E-state index in [1.54, 1.807) is 0 Å². The molecule has 1 N–H and O–H groups in total. The standard InChI is InChI=1S/C13H17N3O/c1-10(2)14-9-8-12-15-13(17-16-12)11-6-4-3-5-7-11/h3-7,10,14H,8-9H2,1-2H3. The maximum Gasteiger partial charge on any atom is 0.257 e. The Morgan fingerprint density at radius 2 is 2.00 bits per heavy atom. The quantitative estimate of drug-likeness (QED) is 0.857. The zero-order valence-corrected chi connectivity index (χ0v) is 10.2. The molecule has 0 radical (unpaired) electrons. The predicted molar refractivity (Wildman–Crippen MR) is 66.6 cm³/mol. The topological polar surface area (TPSA) is 51.0 Å². The van der Waals surface area contributed by atoms with Gasteiger partial charge in [0.05, 0.1) is 0 Å². The van der Waals surface area contributed by atoms with Gasteiger partial charge in [-0.3, -0.25) is 0 Å². The fraction of sp³-hybridized carbons (Fsp3) is 0.385. The van der Waals surface area contributed by atoms with E-state index in [1.165, 1.54) is 0 Å². The van der Waals surface area contributed by atoms with E-state index < -0.39 is 0 Å². The van der Waals surface area contributed by atoms with E-state index in [0.717, 1.165) is 24.4 Å². The molecule has 2 rings (SSSR count). The number of nitrogens with zero attached hydrogens (tertiary/aromatic N) is 2. The van der Waals surface area contributed by atoms with Gasteiger partial charge in [-0.2, -0.15) is 4.98 Å². The van der Waals surface area contributed by atoms with Crippen molar-refractivity contribution < 1.29 is 4.52 Å². The molecule has 17 heavy (non-hydrogen) atoms. The van der Waals surface area contributed by atoms with Crippen LogP contribution < -0.4 is 5.32 Å². The van der Waals surface area contributed by atoms with Crippen molar-refractivity contribution in [3.8, 4) is 11.5 Å².